The summed E-state index contributed by atoms with van der Waals surface area (Å²) in [6, 6.07) is 2.11. The first kappa shape index (κ1) is 14.4. The van der Waals surface area contributed by atoms with E-state index in [0.717, 1.165) is 25.2 Å². The summed E-state index contributed by atoms with van der Waals surface area (Å²) in [4.78, 5) is 1.20. The molecule has 3 rings (SSSR count). The molecule has 2 heterocycles. The van der Waals surface area contributed by atoms with Gasteiger partial charge < -0.3 is 15.2 Å². The van der Waals surface area contributed by atoms with Gasteiger partial charge in [0.25, 0.3) is 0 Å². The summed E-state index contributed by atoms with van der Waals surface area (Å²) in [6.07, 6.45) is 8.62. The van der Waals surface area contributed by atoms with Crippen LogP contribution in [-0.4, -0.2) is 19.3 Å². The summed E-state index contributed by atoms with van der Waals surface area (Å²) < 4.78 is 11.6. The molecule has 1 aromatic heterocycles. The molecule has 1 saturated carbocycles. The minimum atomic E-state index is 0.0904. The van der Waals surface area contributed by atoms with Crippen LogP contribution in [0.25, 0.3) is 0 Å². The van der Waals surface area contributed by atoms with Gasteiger partial charge >= 0.3 is 0 Å². The maximum absolute atomic E-state index is 6.56. The number of thiophene rings is 1. The normalized spacial score (nSPS) is 27.4. The van der Waals surface area contributed by atoms with Gasteiger partial charge in [0, 0.05) is 12.6 Å². The van der Waals surface area contributed by atoms with Crippen molar-refractivity contribution in [2.24, 2.45) is 11.7 Å². The summed E-state index contributed by atoms with van der Waals surface area (Å²) in [5.74, 6) is 1.47. The number of nitrogens with two attached hydrogens (primary N) is 1. The van der Waals surface area contributed by atoms with Crippen molar-refractivity contribution in [1.82, 2.24) is 0 Å². The molecule has 2 aliphatic rings. The Bertz CT molecular complexity index is 434. The maximum atomic E-state index is 6.56. The van der Waals surface area contributed by atoms with Crippen LogP contribution in [0, 0.1) is 5.92 Å². The molecule has 0 bridgehead atoms. The van der Waals surface area contributed by atoms with Crippen LogP contribution < -0.4 is 10.5 Å². The van der Waals surface area contributed by atoms with Crippen LogP contribution in [0.2, 0.25) is 0 Å². The molecule has 1 spiro atoms. The molecular formula is C16H25NO2S. The maximum Gasteiger partial charge on any atom is 0.134 e. The van der Waals surface area contributed by atoms with Crippen LogP contribution in [0.3, 0.4) is 0 Å². The zero-order valence-electron chi connectivity index (χ0n) is 12.3. The molecule has 1 saturated heterocycles. The average molecular weight is 295 g/mol. The predicted molar refractivity (Wildman–Crippen MR) is 82.3 cm³/mol. The van der Waals surface area contributed by atoms with Gasteiger partial charge in [-0.2, -0.15) is 0 Å². The van der Waals surface area contributed by atoms with E-state index in [-0.39, 0.29) is 11.6 Å². The van der Waals surface area contributed by atoms with Gasteiger partial charge in [0.15, 0.2) is 0 Å². The fourth-order valence-corrected chi connectivity index (χ4v) is 4.81. The highest BCUT2D eigenvalue weighted by molar-refractivity contribution is 7.10. The van der Waals surface area contributed by atoms with Crippen molar-refractivity contribution in [2.75, 3.05) is 13.7 Å². The lowest BCUT2D eigenvalue weighted by atomic mass is 9.74. The number of hydrogen-bond donors (Lipinski definition) is 1. The molecule has 2 N–H and O–H groups in total. The number of methoxy groups -OCH3 is 1. The Morgan fingerprint density at radius 3 is 2.95 bits per heavy atom. The molecule has 1 aromatic rings. The Labute approximate surface area is 125 Å². The van der Waals surface area contributed by atoms with Crippen LogP contribution >= 0.6 is 11.3 Å². The third-order valence-electron chi connectivity index (χ3n) is 4.98. The van der Waals surface area contributed by atoms with Gasteiger partial charge in [-0.15, -0.1) is 11.3 Å². The van der Waals surface area contributed by atoms with Crippen LogP contribution in [0.4, 0.5) is 0 Å². The number of ether oxygens (including phenoxy) is 2. The first-order chi connectivity index (χ1) is 9.74. The lowest BCUT2D eigenvalue weighted by Gasteiger charge is -2.45. The van der Waals surface area contributed by atoms with E-state index in [9.17, 15) is 0 Å². The van der Waals surface area contributed by atoms with Crippen molar-refractivity contribution in [1.29, 1.82) is 0 Å². The standard InChI is InChI=1S/C16H25NO2S/c1-18-13-6-10-20-15(13)14(17)12-5-9-19-16(11-12)7-3-2-4-8-16/h6,10,12,14H,2-5,7-9,11,17H2,1H3. The van der Waals surface area contributed by atoms with Crippen LogP contribution in [0.15, 0.2) is 11.4 Å². The Morgan fingerprint density at radius 1 is 1.40 bits per heavy atom. The summed E-state index contributed by atoms with van der Waals surface area (Å²) in [5.41, 5.74) is 6.68. The highest BCUT2D eigenvalue weighted by Gasteiger charge is 2.40. The minimum absolute atomic E-state index is 0.0904. The Morgan fingerprint density at radius 2 is 2.20 bits per heavy atom. The molecule has 1 aliphatic heterocycles. The molecule has 20 heavy (non-hydrogen) atoms. The van der Waals surface area contributed by atoms with Gasteiger partial charge in [-0.25, -0.2) is 0 Å². The quantitative estimate of drug-likeness (QED) is 0.920. The summed E-state index contributed by atoms with van der Waals surface area (Å²) in [7, 11) is 1.73. The third kappa shape index (κ3) is 2.74. The SMILES string of the molecule is COc1ccsc1C(N)C1CCOC2(CCCCC2)C1. The van der Waals surface area contributed by atoms with Gasteiger partial charge in [0.2, 0.25) is 0 Å². The highest BCUT2D eigenvalue weighted by Crippen LogP contribution is 2.45. The average Bonchev–Trinajstić information content (AvgIpc) is 2.96. The molecule has 2 atom stereocenters. The van der Waals surface area contributed by atoms with Crippen molar-refractivity contribution < 1.29 is 9.47 Å². The fraction of sp³-hybridized carbons (Fsp3) is 0.750. The molecule has 112 valence electrons. The first-order valence-corrected chi connectivity index (χ1v) is 8.63. The van der Waals surface area contributed by atoms with E-state index in [2.05, 4.69) is 5.38 Å². The lowest BCUT2D eigenvalue weighted by Crippen LogP contribution is -2.43. The second kappa shape index (κ2) is 6.04. The lowest BCUT2D eigenvalue weighted by molar-refractivity contribution is -0.120. The van der Waals surface area contributed by atoms with E-state index in [1.54, 1.807) is 18.4 Å². The molecular weight excluding hydrogens is 270 g/mol. The van der Waals surface area contributed by atoms with Crippen molar-refractivity contribution in [3.63, 3.8) is 0 Å². The van der Waals surface area contributed by atoms with Crippen molar-refractivity contribution in [2.45, 2.75) is 56.6 Å². The molecule has 0 radical (unpaired) electrons. The topological polar surface area (TPSA) is 44.5 Å². The predicted octanol–water partition coefficient (Wildman–Crippen LogP) is 3.89. The van der Waals surface area contributed by atoms with Gasteiger partial charge in [-0.05, 0) is 43.0 Å². The zero-order chi connectivity index (χ0) is 14.0. The largest absolute Gasteiger partial charge is 0.496 e. The van der Waals surface area contributed by atoms with E-state index < -0.39 is 0 Å². The highest BCUT2D eigenvalue weighted by atomic mass is 32.1. The molecule has 0 aromatic carbocycles. The Kier molecular flexibility index (Phi) is 4.34. The van der Waals surface area contributed by atoms with Crippen LogP contribution in [-0.2, 0) is 4.74 Å². The molecule has 4 heteroatoms. The second-order valence-corrected chi connectivity index (χ2v) is 7.17. The van der Waals surface area contributed by atoms with Gasteiger partial charge in [0.1, 0.15) is 5.75 Å². The zero-order valence-corrected chi connectivity index (χ0v) is 13.1. The van der Waals surface area contributed by atoms with Crippen molar-refractivity contribution in [3.05, 3.63) is 16.3 Å². The number of hydrogen-bond acceptors (Lipinski definition) is 4. The Hall–Kier alpha value is -0.580. The molecule has 2 unspecified atom stereocenters. The number of rotatable bonds is 3. The van der Waals surface area contributed by atoms with E-state index in [1.807, 2.05) is 6.07 Å². The monoisotopic (exact) mass is 295 g/mol. The third-order valence-corrected chi connectivity index (χ3v) is 5.98. The summed E-state index contributed by atoms with van der Waals surface area (Å²) in [6.45, 7) is 0.867. The van der Waals surface area contributed by atoms with Crippen molar-refractivity contribution in [3.8, 4) is 5.75 Å². The molecule has 1 aliphatic carbocycles. The van der Waals surface area contributed by atoms with Gasteiger partial charge in [0.05, 0.1) is 17.6 Å². The van der Waals surface area contributed by atoms with Crippen LogP contribution in [0.1, 0.15) is 55.9 Å². The van der Waals surface area contributed by atoms with Crippen LogP contribution in [0.5, 0.6) is 5.75 Å². The van der Waals surface area contributed by atoms with E-state index in [4.69, 9.17) is 15.2 Å². The van der Waals surface area contributed by atoms with E-state index in [1.165, 1.54) is 37.0 Å². The van der Waals surface area contributed by atoms with Gasteiger partial charge in [-0.1, -0.05) is 19.3 Å². The van der Waals surface area contributed by atoms with E-state index >= 15 is 0 Å². The van der Waals surface area contributed by atoms with E-state index in [0.29, 0.717) is 5.92 Å². The summed E-state index contributed by atoms with van der Waals surface area (Å²) in [5, 5.41) is 2.07. The molecule has 2 fully saturated rings. The molecule has 3 nitrogen and oxygen atoms in total. The first-order valence-electron chi connectivity index (χ1n) is 7.75. The Balaban J connectivity index is 1.73. The summed E-state index contributed by atoms with van der Waals surface area (Å²) >= 11 is 1.72. The molecule has 0 amide bonds. The second-order valence-electron chi connectivity index (χ2n) is 6.22. The minimum Gasteiger partial charge on any atom is -0.496 e. The fourth-order valence-electron chi connectivity index (χ4n) is 3.85. The smallest absolute Gasteiger partial charge is 0.134 e. The van der Waals surface area contributed by atoms with Gasteiger partial charge in [-0.3, -0.25) is 0 Å². The van der Waals surface area contributed by atoms with Crippen molar-refractivity contribution >= 4 is 11.3 Å².